The van der Waals surface area contributed by atoms with Crippen LogP contribution in [0.5, 0.6) is 0 Å². The van der Waals surface area contributed by atoms with Crippen molar-refractivity contribution in [1.29, 1.82) is 0 Å². The van der Waals surface area contributed by atoms with Crippen molar-refractivity contribution in [3.05, 3.63) is 53.5 Å². The summed E-state index contributed by atoms with van der Waals surface area (Å²) in [6.07, 6.45) is 4.44. The minimum Gasteiger partial charge on any atom is -0.476 e. The van der Waals surface area contributed by atoms with E-state index in [2.05, 4.69) is 9.97 Å². The minimum atomic E-state index is -1.15. The topological polar surface area (TPSA) is 66.3 Å². The second kappa shape index (κ2) is 5.67. The number of hydrogen-bond donors (Lipinski definition) is 1. The van der Waals surface area contributed by atoms with E-state index in [9.17, 15) is 13.6 Å². The van der Waals surface area contributed by atoms with Gasteiger partial charge in [0.1, 0.15) is 17.5 Å². The Bertz CT molecular complexity index is 702. The van der Waals surface area contributed by atoms with Crippen LogP contribution < -0.4 is 4.90 Å². The zero-order valence-corrected chi connectivity index (χ0v) is 11.5. The number of aromatic nitrogens is 2. The molecule has 1 saturated carbocycles. The molecule has 1 aliphatic rings. The molecular formula is C15H13F2N3O2. The van der Waals surface area contributed by atoms with Crippen molar-refractivity contribution < 1.29 is 18.7 Å². The van der Waals surface area contributed by atoms with Gasteiger partial charge >= 0.3 is 5.97 Å². The lowest BCUT2D eigenvalue weighted by atomic mass is 10.2. The van der Waals surface area contributed by atoms with Crippen molar-refractivity contribution in [2.45, 2.75) is 25.4 Å². The van der Waals surface area contributed by atoms with E-state index in [1.807, 2.05) is 4.90 Å². The summed E-state index contributed by atoms with van der Waals surface area (Å²) in [6.45, 7) is 0.234. The van der Waals surface area contributed by atoms with Crippen LogP contribution in [0.25, 0.3) is 0 Å². The number of benzene rings is 1. The zero-order chi connectivity index (χ0) is 15.7. The average molecular weight is 305 g/mol. The summed E-state index contributed by atoms with van der Waals surface area (Å²) in [6, 6.07) is 3.68. The SMILES string of the molecule is O=C(O)c1cnc(N(Cc2ccc(F)cc2F)C2CC2)cn1. The van der Waals surface area contributed by atoms with Gasteiger partial charge in [0.25, 0.3) is 0 Å². The molecule has 1 N–H and O–H groups in total. The maximum Gasteiger partial charge on any atom is 0.356 e. The molecule has 114 valence electrons. The summed E-state index contributed by atoms with van der Waals surface area (Å²) in [5.41, 5.74) is 0.213. The quantitative estimate of drug-likeness (QED) is 0.920. The molecule has 0 aliphatic heterocycles. The second-order valence-electron chi connectivity index (χ2n) is 5.16. The number of hydrogen-bond acceptors (Lipinski definition) is 4. The number of carboxylic acids is 1. The van der Waals surface area contributed by atoms with E-state index in [1.54, 1.807) is 0 Å². The lowest BCUT2D eigenvalue weighted by Crippen LogP contribution is -2.27. The van der Waals surface area contributed by atoms with Gasteiger partial charge < -0.3 is 10.0 Å². The molecule has 22 heavy (non-hydrogen) atoms. The number of aromatic carboxylic acids is 1. The monoisotopic (exact) mass is 305 g/mol. The molecule has 1 heterocycles. The van der Waals surface area contributed by atoms with Crippen molar-refractivity contribution >= 4 is 11.8 Å². The molecule has 0 atom stereocenters. The lowest BCUT2D eigenvalue weighted by molar-refractivity contribution is 0.0690. The van der Waals surface area contributed by atoms with Gasteiger partial charge in [0.2, 0.25) is 0 Å². The highest BCUT2D eigenvalue weighted by molar-refractivity contribution is 5.84. The van der Waals surface area contributed by atoms with Crippen molar-refractivity contribution in [3.8, 4) is 0 Å². The van der Waals surface area contributed by atoms with Crippen LogP contribution in [-0.2, 0) is 6.54 Å². The van der Waals surface area contributed by atoms with Gasteiger partial charge in [-0.05, 0) is 18.9 Å². The van der Waals surface area contributed by atoms with Crippen LogP contribution in [0.15, 0.2) is 30.6 Å². The fourth-order valence-corrected chi connectivity index (χ4v) is 2.20. The summed E-state index contributed by atoms with van der Waals surface area (Å²) in [7, 11) is 0. The highest BCUT2D eigenvalue weighted by Gasteiger charge is 2.31. The van der Waals surface area contributed by atoms with Crippen molar-refractivity contribution in [1.82, 2.24) is 9.97 Å². The summed E-state index contributed by atoms with van der Waals surface area (Å²) in [4.78, 5) is 20.6. The molecular weight excluding hydrogens is 292 g/mol. The Balaban J connectivity index is 1.85. The largest absolute Gasteiger partial charge is 0.476 e. The van der Waals surface area contributed by atoms with Gasteiger partial charge in [-0.25, -0.2) is 23.5 Å². The number of halogens is 2. The first kappa shape index (κ1) is 14.4. The van der Waals surface area contributed by atoms with E-state index < -0.39 is 17.6 Å². The van der Waals surface area contributed by atoms with Crippen LogP contribution in [-0.4, -0.2) is 27.1 Å². The number of nitrogens with zero attached hydrogens (tertiary/aromatic N) is 3. The third kappa shape index (κ3) is 3.03. The molecule has 0 radical (unpaired) electrons. The first-order valence-corrected chi connectivity index (χ1v) is 6.80. The molecule has 0 amide bonds. The number of carbonyl (C=O) groups is 1. The van der Waals surface area contributed by atoms with Gasteiger partial charge in [-0.15, -0.1) is 0 Å². The first-order chi connectivity index (χ1) is 10.5. The number of rotatable bonds is 5. The molecule has 3 rings (SSSR count). The normalized spacial score (nSPS) is 13.9. The van der Waals surface area contributed by atoms with Gasteiger partial charge in [0, 0.05) is 24.2 Å². The molecule has 0 unspecified atom stereocenters. The first-order valence-electron chi connectivity index (χ1n) is 6.80. The summed E-state index contributed by atoms with van der Waals surface area (Å²) < 4.78 is 26.8. The third-order valence-corrected chi connectivity index (χ3v) is 3.50. The summed E-state index contributed by atoms with van der Waals surface area (Å²) in [5.74, 6) is -1.90. The fraction of sp³-hybridized carbons (Fsp3) is 0.267. The molecule has 1 fully saturated rings. The lowest BCUT2D eigenvalue weighted by Gasteiger charge is -2.23. The Morgan fingerprint density at radius 3 is 2.59 bits per heavy atom. The van der Waals surface area contributed by atoms with Crippen molar-refractivity contribution in [2.75, 3.05) is 4.90 Å². The van der Waals surface area contributed by atoms with Gasteiger partial charge in [-0.3, -0.25) is 0 Å². The van der Waals surface area contributed by atoms with Crippen LogP contribution >= 0.6 is 0 Å². The maximum atomic E-state index is 13.8. The number of anilines is 1. The smallest absolute Gasteiger partial charge is 0.356 e. The molecule has 0 saturated heterocycles. The van der Waals surface area contributed by atoms with Crippen LogP contribution in [0, 0.1) is 11.6 Å². The molecule has 7 heteroatoms. The van der Waals surface area contributed by atoms with Crippen LogP contribution in [0.3, 0.4) is 0 Å². The van der Waals surface area contributed by atoms with Crippen LogP contribution in [0.1, 0.15) is 28.9 Å². The second-order valence-corrected chi connectivity index (χ2v) is 5.16. The van der Waals surface area contributed by atoms with Crippen molar-refractivity contribution in [2.24, 2.45) is 0 Å². The van der Waals surface area contributed by atoms with Crippen LogP contribution in [0.4, 0.5) is 14.6 Å². The van der Waals surface area contributed by atoms with E-state index >= 15 is 0 Å². The molecule has 1 aromatic carbocycles. The highest BCUT2D eigenvalue weighted by Crippen LogP contribution is 2.32. The van der Waals surface area contributed by atoms with Crippen LogP contribution in [0.2, 0.25) is 0 Å². The minimum absolute atomic E-state index is 0.146. The summed E-state index contributed by atoms with van der Waals surface area (Å²) in [5, 5.41) is 8.83. The highest BCUT2D eigenvalue weighted by atomic mass is 19.1. The Morgan fingerprint density at radius 1 is 1.27 bits per heavy atom. The average Bonchev–Trinajstić information content (AvgIpc) is 3.31. The van der Waals surface area contributed by atoms with E-state index in [1.165, 1.54) is 24.5 Å². The maximum absolute atomic E-state index is 13.8. The van der Waals surface area contributed by atoms with Crippen molar-refractivity contribution in [3.63, 3.8) is 0 Å². The standard InChI is InChI=1S/C15H13F2N3O2/c16-10-2-1-9(12(17)5-10)8-20(11-3-4-11)14-7-18-13(6-19-14)15(21)22/h1-2,5-7,11H,3-4,8H2,(H,21,22). The molecule has 2 aromatic rings. The van der Waals surface area contributed by atoms with Gasteiger partial charge in [-0.2, -0.15) is 0 Å². The van der Waals surface area contributed by atoms with E-state index in [4.69, 9.17) is 5.11 Å². The van der Waals surface area contributed by atoms with E-state index in [-0.39, 0.29) is 18.3 Å². The molecule has 0 spiro atoms. The Kier molecular flexibility index (Phi) is 3.70. The summed E-state index contributed by atoms with van der Waals surface area (Å²) >= 11 is 0. The predicted octanol–water partition coefficient (Wildman–Crippen LogP) is 2.62. The number of carboxylic acid groups (broad SMARTS) is 1. The van der Waals surface area contributed by atoms with E-state index in [0.717, 1.165) is 18.9 Å². The Morgan fingerprint density at radius 2 is 2.05 bits per heavy atom. The zero-order valence-electron chi connectivity index (χ0n) is 11.5. The van der Waals surface area contributed by atoms with Gasteiger partial charge in [0.05, 0.1) is 12.4 Å². The van der Waals surface area contributed by atoms with Gasteiger partial charge in [-0.1, -0.05) is 6.07 Å². The molecule has 1 aliphatic carbocycles. The molecule has 5 nitrogen and oxygen atoms in total. The molecule has 0 bridgehead atoms. The molecule has 1 aromatic heterocycles. The Hall–Kier alpha value is -2.57. The fourth-order valence-electron chi connectivity index (χ4n) is 2.20. The predicted molar refractivity (Wildman–Crippen MR) is 74.6 cm³/mol. The Labute approximate surface area is 125 Å². The third-order valence-electron chi connectivity index (χ3n) is 3.50. The van der Waals surface area contributed by atoms with Gasteiger partial charge in [0.15, 0.2) is 5.69 Å². The van der Waals surface area contributed by atoms with E-state index in [0.29, 0.717) is 11.4 Å².